The van der Waals surface area contributed by atoms with Gasteiger partial charge in [-0.3, -0.25) is 0 Å². The third-order valence-electron chi connectivity index (χ3n) is 2.92. The molecule has 0 bridgehead atoms. The van der Waals surface area contributed by atoms with Crippen LogP contribution in [0.4, 0.5) is 5.82 Å². The molecule has 0 atom stereocenters. The molecule has 2 rings (SSSR count). The predicted octanol–water partition coefficient (Wildman–Crippen LogP) is 2.00. The van der Waals surface area contributed by atoms with E-state index in [1.54, 1.807) is 0 Å². The highest BCUT2D eigenvalue weighted by atomic mass is 16.3. The number of aliphatic hydroxyl groups is 1. The maximum atomic E-state index is 8.78. The zero-order valence-corrected chi connectivity index (χ0v) is 10.8. The number of aliphatic hydroxyl groups excluding tert-OH is 1. The molecule has 4 heteroatoms. The van der Waals surface area contributed by atoms with Crippen LogP contribution in [0.5, 0.6) is 0 Å². The lowest BCUT2D eigenvalue weighted by Gasteiger charge is -2.11. The first-order valence-corrected chi connectivity index (χ1v) is 6.44. The number of nitrogens with one attached hydrogen (secondary N) is 1. The van der Waals surface area contributed by atoms with Gasteiger partial charge in [0.15, 0.2) is 0 Å². The minimum atomic E-state index is 0.174. The van der Waals surface area contributed by atoms with Crippen molar-refractivity contribution >= 4 is 5.82 Å². The van der Waals surface area contributed by atoms with Crippen molar-refractivity contribution < 1.29 is 5.11 Å². The molecule has 0 saturated carbocycles. The van der Waals surface area contributed by atoms with Crippen molar-refractivity contribution in [1.29, 1.82) is 0 Å². The highest BCUT2D eigenvalue weighted by Gasteiger charge is 2.05. The number of benzene rings is 1. The van der Waals surface area contributed by atoms with E-state index in [4.69, 9.17) is 10.8 Å². The van der Waals surface area contributed by atoms with Crippen molar-refractivity contribution in [3.63, 3.8) is 0 Å². The Balaban J connectivity index is 2.21. The van der Waals surface area contributed by atoms with Gasteiger partial charge in [-0.2, -0.15) is 0 Å². The largest absolute Gasteiger partial charge is 0.396 e. The van der Waals surface area contributed by atoms with Crippen molar-refractivity contribution in [2.45, 2.75) is 13.0 Å². The van der Waals surface area contributed by atoms with E-state index in [1.165, 1.54) is 0 Å². The summed E-state index contributed by atoms with van der Waals surface area (Å²) in [6.07, 6.45) is 2.54. The van der Waals surface area contributed by atoms with Crippen LogP contribution in [0.3, 0.4) is 0 Å². The second-order valence-electron chi connectivity index (χ2n) is 4.31. The normalized spacial score (nSPS) is 10.4. The number of nitrogens with zero attached hydrogens (tertiary/aromatic N) is 1. The standard InChI is InChI=1S/C15H19N3O/c16-10-13-9-14(12-5-2-1-3-6-12)11-18-15(13)17-7-4-8-19/h1-3,5-6,9,11,19H,4,7-8,10,16H2,(H,17,18). The fourth-order valence-electron chi connectivity index (χ4n) is 1.90. The van der Waals surface area contributed by atoms with E-state index in [-0.39, 0.29) is 6.61 Å². The molecule has 0 radical (unpaired) electrons. The van der Waals surface area contributed by atoms with Gasteiger partial charge >= 0.3 is 0 Å². The minimum absolute atomic E-state index is 0.174. The molecule has 0 spiro atoms. The minimum Gasteiger partial charge on any atom is -0.396 e. The number of nitrogens with two attached hydrogens (primary N) is 1. The third-order valence-corrected chi connectivity index (χ3v) is 2.92. The van der Waals surface area contributed by atoms with Gasteiger partial charge in [-0.05, 0) is 18.1 Å². The second kappa shape index (κ2) is 6.87. The van der Waals surface area contributed by atoms with Gasteiger partial charge in [-0.25, -0.2) is 4.98 Å². The molecule has 0 unspecified atom stereocenters. The summed E-state index contributed by atoms with van der Waals surface area (Å²) in [5.41, 5.74) is 8.95. The number of anilines is 1. The summed E-state index contributed by atoms with van der Waals surface area (Å²) >= 11 is 0. The van der Waals surface area contributed by atoms with Crippen LogP contribution in [0.2, 0.25) is 0 Å². The fourth-order valence-corrected chi connectivity index (χ4v) is 1.90. The second-order valence-corrected chi connectivity index (χ2v) is 4.31. The summed E-state index contributed by atoms with van der Waals surface area (Å²) in [6, 6.07) is 12.2. The molecule has 0 fully saturated rings. The Kier molecular flexibility index (Phi) is 4.89. The maximum absolute atomic E-state index is 8.78. The van der Waals surface area contributed by atoms with E-state index in [9.17, 15) is 0 Å². The Morgan fingerprint density at radius 1 is 1.16 bits per heavy atom. The Labute approximate surface area is 113 Å². The Hall–Kier alpha value is -1.91. The molecular formula is C15H19N3O. The van der Waals surface area contributed by atoms with E-state index in [2.05, 4.69) is 28.5 Å². The molecule has 0 aliphatic heterocycles. The van der Waals surface area contributed by atoms with Crippen LogP contribution in [-0.4, -0.2) is 23.2 Å². The third kappa shape index (κ3) is 3.53. The number of pyridine rings is 1. The van der Waals surface area contributed by atoms with Crippen LogP contribution < -0.4 is 11.1 Å². The zero-order valence-electron chi connectivity index (χ0n) is 10.8. The number of aromatic nitrogens is 1. The van der Waals surface area contributed by atoms with Crippen LogP contribution in [0.25, 0.3) is 11.1 Å². The summed E-state index contributed by atoms with van der Waals surface area (Å²) in [5.74, 6) is 0.802. The van der Waals surface area contributed by atoms with Crippen molar-refractivity contribution in [1.82, 2.24) is 4.98 Å². The number of hydrogen-bond acceptors (Lipinski definition) is 4. The van der Waals surface area contributed by atoms with Gasteiger partial charge in [0.1, 0.15) is 5.82 Å². The van der Waals surface area contributed by atoms with E-state index in [0.29, 0.717) is 19.5 Å². The van der Waals surface area contributed by atoms with Crippen LogP contribution in [0, 0.1) is 0 Å². The molecule has 2 aromatic rings. The molecule has 4 nitrogen and oxygen atoms in total. The van der Waals surface area contributed by atoms with E-state index in [0.717, 1.165) is 22.5 Å². The smallest absolute Gasteiger partial charge is 0.130 e. The molecule has 19 heavy (non-hydrogen) atoms. The predicted molar refractivity (Wildman–Crippen MR) is 77.8 cm³/mol. The highest BCUT2D eigenvalue weighted by molar-refractivity contribution is 5.65. The first-order chi connectivity index (χ1) is 9.35. The molecule has 1 heterocycles. The molecule has 100 valence electrons. The van der Waals surface area contributed by atoms with Gasteiger partial charge in [0.05, 0.1) is 0 Å². The first kappa shape index (κ1) is 13.5. The molecule has 0 amide bonds. The molecule has 4 N–H and O–H groups in total. The maximum Gasteiger partial charge on any atom is 0.130 e. The molecule has 0 aliphatic rings. The van der Waals surface area contributed by atoms with Crippen molar-refractivity contribution in [3.8, 4) is 11.1 Å². The van der Waals surface area contributed by atoms with E-state index >= 15 is 0 Å². The molecule has 0 saturated heterocycles. The Morgan fingerprint density at radius 2 is 1.95 bits per heavy atom. The highest BCUT2D eigenvalue weighted by Crippen LogP contribution is 2.22. The summed E-state index contributed by atoms with van der Waals surface area (Å²) < 4.78 is 0. The van der Waals surface area contributed by atoms with Crippen molar-refractivity contribution in [2.24, 2.45) is 5.73 Å². The Morgan fingerprint density at radius 3 is 2.63 bits per heavy atom. The lowest BCUT2D eigenvalue weighted by atomic mass is 10.1. The van der Waals surface area contributed by atoms with Crippen molar-refractivity contribution in [2.75, 3.05) is 18.5 Å². The lowest BCUT2D eigenvalue weighted by Crippen LogP contribution is -2.10. The first-order valence-electron chi connectivity index (χ1n) is 6.44. The van der Waals surface area contributed by atoms with Crippen molar-refractivity contribution in [3.05, 3.63) is 48.2 Å². The van der Waals surface area contributed by atoms with Crippen LogP contribution in [0.15, 0.2) is 42.6 Å². The quantitative estimate of drug-likeness (QED) is 0.692. The topological polar surface area (TPSA) is 71.2 Å². The summed E-state index contributed by atoms with van der Waals surface area (Å²) in [6.45, 7) is 1.31. The average molecular weight is 257 g/mol. The molecule has 1 aromatic carbocycles. The van der Waals surface area contributed by atoms with Gasteiger partial charge in [-0.15, -0.1) is 0 Å². The van der Waals surface area contributed by atoms with Crippen LogP contribution in [0.1, 0.15) is 12.0 Å². The van der Waals surface area contributed by atoms with Gasteiger partial charge in [0, 0.05) is 37.0 Å². The summed E-state index contributed by atoms with van der Waals surface area (Å²) in [7, 11) is 0. The molecule has 1 aromatic heterocycles. The zero-order chi connectivity index (χ0) is 13.5. The lowest BCUT2D eigenvalue weighted by molar-refractivity contribution is 0.292. The summed E-state index contributed by atoms with van der Waals surface area (Å²) in [4.78, 5) is 4.42. The van der Waals surface area contributed by atoms with E-state index < -0.39 is 0 Å². The van der Waals surface area contributed by atoms with Gasteiger partial charge in [0.25, 0.3) is 0 Å². The monoisotopic (exact) mass is 257 g/mol. The molecular weight excluding hydrogens is 238 g/mol. The van der Waals surface area contributed by atoms with E-state index in [1.807, 2.05) is 24.4 Å². The fraction of sp³-hybridized carbons (Fsp3) is 0.267. The summed E-state index contributed by atoms with van der Waals surface area (Å²) in [5, 5.41) is 12.0. The van der Waals surface area contributed by atoms with Gasteiger partial charge < -0.3 is 16.2 Å². The number of hydrogen-bond donors (Lipinski definition) is 3. The molecule has 0 aliphatic carbocycles. The van der Waals surface area contributed by atoms with Gasteiger partial charge in [0.2, 0.25) is 0 Å². The average Bonchev–Trinajstić information content (AvgIpc) is 2.48. The number of rotatable bonds is 6. The Bertz CT molecular complexity index is 514. The van der Waals surface area contributed by atoms with Crippen LogP contribution in [-0.2, 0) is 6.54 Å². The van der Waals surface area contributed by atoms with Gasteiger partial charge in [-0.1, -0.05) is 30.3 Å². The van der Waals surface area contributed by atoms with Crippen LogP contribution >= 0.6 is 0 Å². The SMILES string of the molecule is NCc1cc(-c2ccccc2)cnc1NCCCO.